The van der Waals surface area contributed by atoms with Crippen molar-refractivity contribution in [1.29, 1.82) is 0 Å². The van der Waals surface area contributed by atoms with Crippen LogP contribution in [0.1, 0.15) is 19.4 Å². The molecule has 19 heavy (non-hydrogen) atoms. The van der Waals surface area contributed by atoms with Crippen molar-refractivity contribution in [2.24, 2.45) is 0 Å². The Labute approximate surface area is 115 Å². The third-order valence-electron chi connectivity index (χ3n) is 3.40. The Morgan fingerprint density at radius 3 is 3.05 bits per heavy atom. The van der Waals surface area contributed by atoms with Gasteiger partial charge in [-0.05, 0) is 42.0 Å². The molecule has 0 aliphatic carbocycles. The van der Waals surface area contributed by atoms with Gasteiger partial charge in [-0.15, -0.1) is 5.10 Å². The lowest BCUT2D eigenvalue weighted by atomic mass is 10.1. The molecule has 6 nitrogen and oxygen atoms in total. The number of nitrogens with two attached hydrogens (primary N) is 1. The number of halogens is 1. The number of hydrogen-bond acceptors (Lipinski definition) is 5. The van der Waals surface area contributed by atoms with Crippen molar-refractivity contribution in [3.8, 4) is 11.4 Å². The maximum atomic E-state index is 6.02. The van der Waals surface area contributed by atoms with Crippen LogP contribution < -0.4 is 5.73 Å². The first-order chi connectivity index (χ1) is 9.16. The topological polar surface area (TPSA) is 78.8 Å². The molecule has 1 aliphatic heterocycles. The van der Waals surface area contributed by atoms with Gasteiger partial charge >= 0.3 is 0 Å². The van der Waals surface area contributed by atoms with Gasteiger partial charge in [-0.25, -0.2) is 4.68 Å². The first kappa shape index (κ1) is 12.4. The molecule has 0 saturated carbocycles. The zero-order valence-corrected chi connectivity index (χ0v) is 11.2. The van der Waals surface area contributed by atoms with Crippen LogP contribution in [0, 0.1) is 0 Å². The number of anilines is 1. The Bertz CT molecular complexity index is 600. The van der Waals surface area contributed by atoms with Crippen molar-refractivity contribution in [2.75, 3.05) is 12.3 Å². The van der Waals surface area contributed by atoms with E-state index in [1.807, 2.05) is 6.92 Å². The minimum absolute atomic E-state index is 0.0858. The normalized spacial score (nSPS) is 22.8. The molecule has 0 amide bonds. The second-order valence-electron chi connectivity index (χ2n) is 4.61. The summed E-state index contributed by atoms with van der Waals surface area (Å²) in [5, 5.41) is 12.5. The van der Waals surface area contributed by atoms with Crippen LogP contribution in [0.5, 0.6) is 0 Å². The fourth-order valence-electron chi connectivity index (χ4n) is 2.36. The Balaban J connectivity index is 2.06. The van der Waals surface area contributed by atoms with E-state index in [4.69, 9.17) is 22.1 Å². The summed E-state index contributed by atoms with van der Waals surface area (Å²) in [6, 6.07) is 5.41. The van der Waals surface area contributed by atoms with E-state index in [0.717, 1.165) is 18.6 Å². The molecule has 1 aromatic carbocycles. The van der Waals surface area contributed by atoms with Crippen LogP contribution in [0.3, 0.4) is 0 Å². The van der Waals surface area contributed by atoms with Crippen LogP contribution >= 0.6 is 11.6 Å². The molecule has 2 unspecified atom stereocenters. The molecule has 2 heterocycles. The van der Waals surface area contributed by atoms with Crippen LogP contribution in [0.2, 0.25) is 5.02 Å². The molecule has 1 saturated heterocycles. The molecule has 2 N–H and O–H groups in total. The van der Waals surface area contributed by atoms with E-state index in [2.05, 4.69) is 15.5 Å². The molecule has 7 heteroatoms. The third-order valence-corrected chi connectivity index (χ3v) is 3.63. The number of hydrogen-bond donors (Lipinski definition) is 1. The van der Waals surface area contributed by atoms with Gasteiger partial charge in [-0.2, -0.15) is 0 Å². The third kappa shape index (κ3) is 2.17. The number of aromatic nitrogens is 4. The molecule has 0 spiro atoms. The van der Waals surface area contributed by atoms with Crippen molar-refractivity contribution in [2.45, 2.75) is 25.5 Å². The van der Waals surface area contributed by atoms with Gasteiger partial charge in [0.1, 0.15) is 0 Å². The summed E-state index contributed by atoms with van der Waals surface area (Å²) in [5.74, 6) is 0.627. The van der Waals surface area contributed by atoms with Crippen LogP contribution in [0.25, 0.3) is 11.4 Å². The molecule has 2 aromatic rings. The van der Waals surface area contributed by atoms with Crippen LogP contribution in [0.15, 0.2) is 18.2 Å². The summed E-state index contributed by atoms with van der Waals surface area (Å²) in [6.07, 6.45) is 0.974. The molecule has 1 fully saturated rings. The van der Waals surface area contributed by atoms with E-state index in [0.29, 0.717) is 16.5 Å². The van der Waals surface area contributed by atoms with Crippen molar-refractivity contribution in [3.05, 3.63) is 23.2 Å². The predicted octanol–water partition coefficient (Wildman–Crippen LogP) is 1.93. The molecular formula is C12H14ClN5O. The van der Waals surface area contributed by atoms with Gasteiger partial charge in [0.2, 0.25) is 0 Å². The zero-order valence-electron chi connectivity index (χ0n) is 10.5. The lowest BCUT2D eigenvalue weighted by Crippen LogP contribution is -2.19. The molecule has 100 valence electrons. The van der Waals surface area contributed by atoms with E-state index in [1.54, 1.807) is 22.9 Å². The van der Waals surface area contributed by atoms with Gasteiger partial charge in [-0.3, -0.25) is 0 Å². The molecule has 1 aromatic heterocycles. The smallest absolute Gasteiger partial charge is 0.184 e. The number of nitrogen functional groups attached to an aromatic ring is 1. The molecule has 3 rings (SSSR count). The summed E-state index contributed by atoms with van der Waals surface area (Å²) in [6.45, 7) is 2.74. The fourth-order valence-corrected chi connectivity index (χ4v) is 2.53. The lowest BCUT2D eigenvalue weighted by molar-refractivity contribution is 0.105. The monoisotopic (exact) mass is 279 g/mol. The van der Waals surface area contributed by atoms with Gasteiger partial charge in [0.25, 0.3) is 0 Å². The lowest BCUT2D eigenvalue weighted by Gasteiger charge is -2.16. The Morgan fingerprint density at radius 1 is 1.47 bits per heavy atom. The highest BCUT2D eigenvalue weighted by molar-refractivity contribution is 6.31. The average Bonchev–Trinajstić information content (AvgIpc) is 3.00. The van der Waals surface area contributed by atoms with Crippen LogP contribution in [0.4, 0.5) is 5.69 Å². The van der Waals surface area contributed by atoms with Crippen LogP contribution in [-0.4, -0.2) is 32.9 Å². The number of benzene rings is 1. The molecule has 0 bridgehead atoms. The summed E-state index contributed by atoms with van der Waals surface area (Å²) < 4.78 is 7.34. The van der Waals surface area contributed by atoms with E-state index in [9.17, 15) is 0 Å². The summed E-state index contributed by atoms with van der Waals surface area (Å²) in [7, 11) is 0. The first-order valence-electron chi connectivity index (χ1n) is 6.11. The van der Waals surface area contributed by atoms with Crippen molar-refractivity contribution >= 4 is 17.3 Å². The maximum Gasteiger partial charge on any atom is 0.184 e. The van der Waals surface area contributed by atoms with Crippen molar-refractivity contribution in [1.82, 2.24) is 20.2 Å². The molecular weight excluding hydrogens is 266 g/mol. The second kappa shape index (κ2) is 4.79. The minimum atomic E-state index is 0.0858. The molecule has 1 aliphatic rings. The highest BCUT2D eigenvalue weighted by atomic mass is 35.5. The van der Waals surface area contributed by atoms with Gasteiger partial charge in [0.15, 0.2) is 5.82 Å². The standard InChI is InChI=1S/C12H14ClN5O/c1-7-11(4-5-19-7)18-12(15-16-17-18)9-6-8(13)2-3-10(9)14/h2-3,6-7,11H,4-5,14H2,1H3. The number of ether oxygens (including phenoxy) is 1. The number of tetrazole rings is 1. The Morgan fingerprint density at radius 2 is 2.32 bits per heavy atom. The predicted molar refractivity (Wildman–Crippen MR) is 71.7 cm³/mol. The maximum absolute atomic E-state index is 6.02. The van der Waals surface area contributed by atoms with E-state index in [-0.39, 0.29) is 12.1 Å². The quantitative estimate of drug-likeness (QED) is 0.850. The SMILES string of the molecule is CC1OCCC1n1nnnc1-c1cc(Cl)ccc1N. The molecule has 0 radical (unpaired) electrons. The summed E-state index contributed by atoms with van der Waals surface area (Å²) in [5.41, 5.74) is 7.33. The summed E-state index contributed by atoms with van der Waals surface area (Å²) >= 11 is 6.02. The Hall–Kier alpha value is -1.66. The molecule has 2 atom stereocenters. The van der Waals surface area contributed by atoms with Gasteiger partial charge in [-0.1, -0.05) is 11.6 Å². The van der Waals surface area contributed by atoms with Gasteiger partial charge in [0.05, 0.1) is 12.1 Å². The second-order valence-corrected chi connectivity index (χ2v) is 5.05. The van der Waals surface area contributed by atoms with Gasteiger partial charge in [0, 0.05) is 22.9 Å². The average molecular weight is 280 g/mol. The van der Waals surface area contributed by atoms with E-state index >= 15 is 0 Å². The van der Waals surface area contributed by atoms with E-state index < -0.39 is 0 Å². The van der Waals surface area contributed by atoms with Gasteiger partial charge < -0.3 is 10.5 Å². The Kier molecular flexibility index (Phi) is 3.12. The highest BCUT2D eigenvalue weighted by Gasteiger charge is 2.29. The number of rotatable bonds is 2. The van der Waals surface area contributed by atoms with E-state index in [1.165, 1.54) is 0 Å². The first-order valence-corrected chi connectivity index (χ1v) is 6.49. The van der Waals surface area contributed by atoms with Crippen molar-refractivity contribution in [3.63, 3.8) is 0 Å². The minimum Gasteiger partial charge on any atom is -0.398 e. The fraction of sp³-hybridized carbons (Fsp3) is 0.417. The highest BCUT2D eigenvalue weighted by Crippen LogP contribution is 2.32. The van der Waals surface area contributed by atoms with Crippen LogP contribution in [-0.2, 0) is 4.74 Å². The zero-order chi connectivity index (χ0) is 13.4. The largest absolute Gasteiger partial charge is 0.398 e. The van der Waals surface area contributed by atoms with Crippen molar-refractivity contribution < 1.29 is 4.74 Å². The summed E-state index contributed by atoms with van der Waals surface area (Å²) in [4.78, 5) is 0. The number of nitrogens with zero attached hydrogens (tertiary/aromatic N) is 4.